The molecule has 4 aromatic rings. The number of nitrogens with one attached hydrogen (secondary N) is 1. The van der Waals surface area contributed by atoms with Gasteiger partial charge in [0.15, 0.2) is 5.16 Å². The summed E-state index contributed by atoms with van der Waals surface area (Å²) in [6, 6.07) is 14.7. The van der Waals surface area contributed by atoms with Crippen molar-refractivity contribution in [3.63, 3.8) is 0 Å². The maximum absolute atomic E-state index is 13.7. The molecule has 0 spiro atoms. The quantitative estimate of drug-likeness (QED) is 0.380. The maximum atomic E-state index is 13.7. The molecular formula is C20H15FN2OS2. The number of aromatic nitrogens is 2. The largest absolute Gasteiger partial charge is 0.301 e. The van der Waals surface area contributed by atoms with Crippen LogP contribution in [0, 0.1) is 12.7 Å². The van der Waals surface area contributed by atoms with Gasteiger partial charge in [-0.05, 0) is 24.1 Å². The van der Waals surface area contributed by atoms with E-state index < -0.39 is 0 Å². The minimum Gasteiger partial charge on any atom is -0.301 e. The van der Waals surface area contributed by atoms with Crippen LogP contribution in [0.4, 0.5) is 4.39 Å². The lowest BCUT2D eigenvalue weighted by Gasteiger charge is -2.04. The van der Waals surface area contributed by atoms with Crippen LogP contribution in [0.2, 0.25) is 0 Å². The van der Waals surface area contributed by atoms with Crippen molar-refractivity contribution < 1.29 is 4.39 Å². The molecule has 1 N–H and O–H groups in total. The lowest BCUT2D eigenvalue weighted by Crippen LogP contribution is -2.08. The Hall–Kier alpha value is -2.44. The number of fused-ring (bicyclic) bond motifs is 1. The Bertz CT molecular complexity index is 1130. The first-order valence-electron chi connectivity index (χ1n) is 8.06. The highest BCUT2D eigenvalue weighted by Crippen LogP contribution is 2.32. The van der Waals surface area contributed by atoms with Gasteiger partial charge < -0.3 is 4.98 Å². The molecule has 0 bridgehead atoms. The number of nitrogens with zero attached hydrogens (tertiary/aromatic N) is 1. The molecule has 130 valence electrons. The Balaban J connectivity index is 1.67. The van der Waals surface area contributed by atoms with E-state index in [0.29, 0.717) is 26.7 Å². The predicted molar refractivity (Wildman–Crippen MR) is 106 cm³/mol. The van der Waals surface area contributed by atoms with Crippen molar-refractivity contribution in [2.45, 2.75) is 17.8 Å². The van der Waals surface area contributed by atoms with E-state index in [1.54, 1.807) is 18.2 Å². The van der Waals surface area contributed by atoms with Crippen LogP contribution >= 0.6 is 23.1 Å². The molecule has 0 aliphatic rings. The Kier molecular flexibility index (Phi) is 4.61. The van der Waals surface area contributed by atoms with E-state index in [2.05, 4.69) is 9.97 Å². The van der Waals surface area contributed by atoms with Gasteiger partial charge in [-0.2, -0.15) is 0 Å². The SMILES string of the molecule is Cc1ccc(-c2csc3nc(SCc4ccccc4F)[nH]c(=O)c23)cc1. The van der Waals surface area contributed by atoms with Crippen LogP contribution in [-0.4, -0.2) is 9.97 Å². The highest BCUT2D eigenvalue weighted by Gasteiger charge is 2.13. The first-order valence-corrected chi connectivity index (χ1v) is 9.93. The third-order valence-electron chi connectivity index (χ3n) is 4.11. The summed E-state index contributed by atoms with van der Waals surface area (Å²) in [5.74, 6) is 0.165. The van der Waals surface area contributed by atoms with Gasteiger partial charge in [0.1, 0.15) is 10.6 Å². The number of hydrogen-bond acceptors (Lipinski definition) is 4. The van der Waals surface area contributed by atoms with Gasteiger partial charge in [-0.25, -0.2) is 9.37 Å². The fraction of sp³-hybridized carbons (Fsp3) is 0.100. The van der Waals surface area contributed by atoms with Crippen molar-refractivity contribution in [2.24, 2.45) is 0 Å². The molecule has 6 heteroatoms. The average Bonchev–Trinajstić information content (AvgIpc) is 3.06. The summed E-state index contributed by atoms with van der Waals surface area (Å²) in [5, 5.41) is 3.07. The van der Waals surface area contributed by atoms with Crippen LogP contribution in [0.5, 0.6) is 0 Å². The third-order valence-corrected chi connectivity index (χ3v) is 5.90. The van der Waals surface area contributed by atoms with Crippen molar-refractivity contribution in [2.75, 3.05) is 0 Å². The van der Waals surface area contributed by atoms with Crippen molar-refractivity contribution in [1.29, 1.82) is 0 Å². The summed E-state index contributed by atoms with van der Waals surface area (Å²) >= 11 is 2.77. The lowest BCUT2D eigenvalue weighted by molar-refractivity contribution is 0.617. The highest BCUT2D eigenvalue weighted by atomic mass is 32.2. The van der Waals surface area contributed by atoms with E-state index >= 15 is 0 Å². The van der Waals surface area contributed by atoms with Gasteiger partial charge >= 0.3 is 0 Å². The Morgan fingerprint density at radius 1 is 1.15 bits per heavy atom. The summed E-state index contributed by atoms with van der Waals surface area (Å²) in [7, 11) is 0. The van der Waals surface area contributed by atoms with E-state index in [9.17, 15) is 9.18 Å². The topological polar surface area (TPSA) is 45.8 Å². The Morgan fingerprint density at radius 3 is 2.69 bits per heavy atom. The van der Waals surface area contributed by atoms with Crippen molar-refractivity contribution in [1.82, 2.24) is 9.97 Å². The van der Waals surface area contributed by atoms with Crippen molar-refractivity contribution in [3.05, 3.63) is 81.2 Å². The van der Waals surface area contributed by atoms with E-state index in [0.717, 1.165) is 11.1 Å². The zero-order chi connectivity index (χ0) is 18.1. The number of thiophene rings is 1. The zero-order valence-electron chi connectivity index (χ0n) is 14.0. The summed E-state index contributed by atoms with van der Waals surface area (Å²) in [6.45, 7) is 2.03. The third kappa shape index (κ3) is 3.30. The number of aromatic amines is 1. The van der Waals surface area contributed by atoms with Gasteiger partial charge in [0.25, 0.3) is 5.56 Å². The minimum absolute atomic E-state index is 0.164. The second-order valence-electron chi connectivity index (χ2n) is 5.95. The van der Waals surface area contributed by atoms with E-state index in [-0.39, 0.29) is 11.4 Å². The van der Waals surface area contributed by atoms with Gasteiger partial charge in [0, 0.05) is 16.7 Å². The molecule has 2 aromatic heterocycles. The van der Waals surface area contributed by atoms with Gasteiger partial charge in [0.05, 0.1) is 5.39 Å². The summed E-state index contributed by atoms with van der Waals surface area (Å²) in [6.07, 6.45) is 0. The molecule has 0 saturated carbocycles. The van der Waals surface area contributed by atoms with E-state index in [4.69, 9.17) is 0 Å². The lowest BCUT2D eigenvalue weighted by atomic mass is 10.1. The number of H-pyrrole nitrogens is 1. The maximum Gasteiger partial charge on any atom is 0.260 e. The van der Waals surface area contributed by atoms with Crippen LogP contribution in [0.25, 0.3) is 21.3 Å². The number of thioether (sulfide) groups is 1. The van der Waals surface area contributed by atoms with E-state index in [1.165, 1.54) is 34.7 Å². The molecule has 26 heavy (non-hydrogen) atoms. The van der Waals surface area contributed by atoms with E-state index in [1.807, 2.05) is 36.6 Å². The summed E-state index contributed by atoms with van der Waals surface area (Å²) in [5.41, 5.74) is 3.49. The van der Waals surface area contributed by atoms with Crippen LogP contribution in [0.1, 0.15) is 11.1 Å². The van der Waals surface area contributed by atoms with Crippen LogP contribution in [0.3, 0.4) is 0 Å². The molecule has 0 aliphatic heterocycles. The Morgan fingerprint density at radius 2 is 1.92 bits per heavy atom. The fourth-order valence-electron chi connectivity index (χ4n) is 2.70. The van der Waals surface area contributed by atoms with Crippen molar-refractivity contribution in [3.8, 4) is 11.1 Å². The molecule has 3 nitrogen and oxygen atoms in total. The second kappa shape index (κ2) is 7.05. The zero-order valence-corrected chi connectivity index (χ0v) is 15.6. The first-order chi connectivity index (χ1) is 12.6. The molecule has 0 amide bonds. The smallest absolute Gasteiger partial charge is 0.260 e. The van der Waals surface area contributed by atoms with Crippen molar-refractivity contribution >= 4 is 33.3 Å². The molecule has 2 aromatic carbocycles. The van der Waals surface area contributed by atoms with Gasteiger partial charge in [-0.3, -0.25) is 4.79 Å². The predicted octanol–water partition coefficient (Wildman–Crippen LogP) is 5.39. The molecule has 0 saturated heterocycles. The molecule has 0 fully saturated rings. The standard InChI is InChI=1S/C20H15FN2OS2/c1-12-6-8-13(9-7-12)15-11-25-19-17(15)18(24)22-20(23-19)26-10-14-4-2-3-5-16(14)21/h2-9,11H,10H2,1H3,(H,22,23,24). The highest BCUT2D eigenvalue weighted by molar-refractivity contribution is 7.98. The minimum atomic E-state index is -0.249. The fourth-order valence-corrected chi connectivity index (χ4v) is 4.56. The van der Waals surface area contributed by atoms with Gasteiger partial charge in [0.2, 0.25) is 0 Å². The first kappa shape index (κ1) is 17.0. The van der Waals surface area contributed by atoms with Crippen LogP contribution < -0.4 is 5.56 Å². The molecule has 0 aliphatic carbocycles. The Labute approximate surface area is 157 Å². The van der Waals surface area contributed by atoms with Gasteiger partial charge in [-0.15, -0.1) is 11.3 Å². The molecule has 4 rings (SSSR count). The number of hydrogen-bond donors (Lipinski definition) is 1. The number of rotatable bonds is 4. The second-order valence-corrected chi connectivity index (χ2v) is 7.77. The molecule has 0 unspecified atom stereocenters. The molecule has 2 heterocycles. The van der Waals surface area contributed by atoms with Crippen LogP contribution in [0.15, 0.2) is 63.9 Å². The van der Waals surface area contributed by atoms with Gasteiger partial charge in [-0.1, -0.05) is 59.8 Å². The summed E-state index contributed by atoms with van der Waals surface area (Å²) < 4.78 is 13.7. The molecular weight excluding hydrogens is 367 g/mol. The molecule has 0 radical (unpaired) electrons. The summed E-state index contributed by atoms with van der Waals surface area (Å²) in [4.78, 5) is 20.7. The normalized spacial score (nSPS) is 11.2. The number of aryl methyl sites for hydroxylation is 1. The average molecular weight is 382 g/mol. The number of benzene rings is 2. The monoisotopic (exact) mass is 382 g/mol. The molecule has 0 atom stereocenters. The number of halogens is 1. The van der Waals surface area contributed by atoms with Crippen LogP contribution in [-0.2, 0) is 5.75 Å².